The van der Waals surface area contributed by atoms with E-state index in [1.807, 2.05) is 31.2 Å². The molecule has 0 saturated carbocycles. The van der Waals surface area contributed by atoms with Crippen LogP contribution in [0, 0.1) is 0 Å². The number of amides is 1. The maximum atomic E-state index is 12.6. The third-order valence-electron chi connectivity index (χ3n) is 4.61. The van der Waals surface area contributed by atoms with E-state index < -0.39 is 15.9 Å². The van der Waals surface area contributed by atoms with Crippen molar-refractivity contribution in [3.05, 3.63) is 53.6 Å². The number of hydrogen-bond donors (Lipinski definition) is 1. The monoisotopic (exact) mass is 420 g/mol. The van der Waals surface area contributed by atoms with E-state index in [0.717, 1.165) is 22.5 Å². The minimum absolute atomic E-state index is 0.257. The quantitative estimate of drug-likeness (QED) is 0.674. The minimum atomic E-state index is -3.72. The standard InChI is InChI=1S/C21H28N2O5S/c1-6-16-7-9-17(10-8-16)15(2)22-21(24)14-23(29(5,25)26)19-12-11-18(27-3)13-20(19)28-4/h7-13,15H,6,14H2,1-5H3,(H,22,24). The lowest BCUT2D eigenvalue weighted by Gasteiger charge is -2.25. The molecule has 0 aliphatic heterocycles. The van der Waals surface area contributed by atoms with Gasteiger partial charge < -0.3 is 14.8 Å². The minimum Gasteiger partial charge on any atom is -0.497 e. The highest BCUT2D eigenvalue weighted by molar-refractivity contribution is 7.92. The number of benzene rings is 2. The highest BCUT2D eigenvalue weighted by Crippen LogP contribution is 2.33. The van der Waals surface area contributed by atoms with E-state index >= 15 is 0 Å². The number of nitrogens with zero attached hydrogens (tertiary/aromatic N) is 1. The van der Waals surface area contributed by atoms with Crippen molar-refractivity contribution in [3.63, 3.8) is 0 Å². The fraction of sp³-hybridized carbons (Fsp3) is 0.381. The van der Waals surface area contributed by atoms with Crippen molar-refractivity contribution < 1.29 is 22.7 Å². The predicted octanol–water partition coefficient (Wildman–Crippen LogP) is 2.91. The largest absolute Gasteiger partial charge is 0.497 e. The number of ether oxygens (including phenoxy) is 2. The molecule has 0 saturated heterocycles. The fourth-order valence-electron chi connectivity index (χ4n) is 2.91. The first-order valence-corrected chi connectivity index (χ1v) is 11.1. The number of methoxy groups -OCH3 is 2. The first-order chi connectivity index (χ1) is 13.7. The Labute approximate surface area is 172 Å². The Morgan fingerprint density at radius 2 is 1.76 bits per heavy atom. The van der Waals surface area contributed by atoms with Crippen molar-refractivity contribution in [2.24, 2.45) is 0 Å². The number of nitrogens with one attached hydrogen (secondary N) is 1. The molecule has 0 bridgehead atoms. The van der Waals surface area contributed by atoms with Crippen LogP contribution in [0.2, 0.25) is 0 Å². The molecule has 158 valence electrons. The van der Waals surface area contributed by atoms with Gasteiger partial charge in [-0.2, -0.15) is 0 Å². The van der Waals surface area contributed by atoms with Crippen LogP contribution in [0.1, 0.15) is 31.0 Å². The average molecular weight is 421 g/mol. The first kappa shape index (κ1) is 22.5. The van der Waals surface area contributed by atoms with Crippen LogP contribution in [-0.4, -0.2) is 41.3 Å². The second-order valence-electron chi connectivity index (χ2n) is 6.69. The second-order valence-corrected chi connectivity index (χ2v) is 8.60. The molecule has 29 heavy (non-hydrogen) atoms. The van der Waals surface area contributed by atoms with E-state index in [9.17, 15) is 13.2 Å². The van der Waals surface area contributed by atoms with Crippen molar-refractivity contribution in [2.45, 2.75) is 26.3 Å². The molecular weight excluding hydrogens is 392 g/mol. The number of aryl methyl sites for hydroxylation is 1. The van der Waals surface area contributed by atoms with Crippen molar-refractivity contribution in [3.8, 4) is 11.5 Å². The van der Waals surface area contributed by atoms with Crippen LogP contribution in [0.15, 0.2) is 42.5 Å². The van der Waals surface area contributed by atoms with Gasteiger partial charge in [-0.05, 0) is 36.6 Å². The highest BCUT2D eigenvalue weighted by atomic mass is 32.2. The Morgan fingerprint density at radius 3 is 2.28 bits per heavy atom. The fourth-order valence-corrected chi connectivity index (χ4v) is 3.77. The van der Waals surface area contributed by atoms with Crippen molar-refractivity contribution in [1.29, 1.82) is 0 Å². The summed E-state index contributed by atoms with van der Waals surface area (Å²) < 4.78 is 36.2. The van der Waals surface area contributed by atoms with Crippen molar-refractivity contribution in [1.82, 2.24) is 5.32 Å². The maximum absolute atomic E-state index is 12.6. The maximum Gasteiger partial charge on any atom is 0.241 e. The van der Waals surface area contributed by atoms with E-state index in [1.165, 1.54) is 19.8 Å². The van der Waals surface area contributed by atoms with Crippen LogP contribution in [-0.2, 0) is 21.2 Å². The second kappa shape index (κ2) is 9.65. The van der Waals surface area contributed by atoms with E-state index in [0.29, 0.717) is 11.5 Å². The van der Waals surface area contributed by atoms with Gasteiger partial charge in [0.25, 0.3) is 0 Å². The third kappa shape index (κ3) is 5.87. The Balaban J connectivity index is 2.21. The first-order valence-electron chi connectivity index (χ1n) is 9.27. The van der Waals surface area contributed by atoms with Gasteiger partial charge >= 0.3 is 0 Å². The summed E-state index contributed by atoms with van der Waals surface area (Å²) in [4.78, 5) is 12.6. The number of carbonyl (C=O) groups is 1. The molecule has 0 radical (unpaired) electrons. The number of sulfonamides is 1. The topological polar surface area (TPSA) is 84.9 Å². The van der Waals surface area contributed by atoms with E-state index in [2.05, 4.69) is 12.2 Å². The highest BCUT2D eigenvalue weighted by Gasteiger charge is 2.25. The van der Waals surface area contributed by atoms with Gasteiger partial charge in [-0.1, -0.05) is 31.2 Å². The molecular formula is C21H28N2O5S. The number of hydrogen-bond acceptors (Lipinski definition) is 5. The molecule has 2 aromatic rings. The van der Waals surface area contributed by atoms with Gasteiger partial charge in [0.05, 0.1) is 32.2 Å². The lowest BCUT2D eigenvalue weighted by Crippen LogP contribution is -2.41. The molecule has 0 heterocycles. The van der Waals surface area contributed by atoms with E-state index in [-0.39, 0.29) is 18.3 Å². The molecule has 2 aromatic carbocycles. The molecule has 1 atom stereocenters. The van der Waals surface area contributed by atoms with Crippen LogP contribution in [0.25, 0.3) is 0 Å². The van der Waals surface area contributed by atoms with Gasteiger partial charge in [-0.3, -0.25) is 9.10 Å². The predicted molar refractivity (Wildman–Crippen MR) is 114 cm³/mol. The summed E-state index contributed by atoms with van der Waals surface area (Å²) in [5, 5.41) is 2.86. The molecule has 0 aliphatic rings. The Hall–Kier alpha value is -2.74. The SMILES string of the molecule is CCc1ccc(C(C)NC(=O)CN(c2ccc(OC)cc2OC)S(C)(=O)=O)cc1. The molecule has 1 N–H and O–H groups in total. The smallest absolute Gasteiger partial charge is 0.241 e. The van der Waals surface area contributed by atoms with Crippen LogP contribution in [0.3, 0.4) is 0 Å². The summed E-state index contributed by atoms with van der Waals surface area (Å²) in [6.07, 6.45) is 1.99. The molecule has 2 rings (SSSR count). The normalized spacial score (nSPS) is 12.2. The average Bonchev–Trinajstić information content (AvgIpc) is 2.70. The lowest BCUT2D eigenvalue weighted by molar-refractivity contribution is -0.120. The lowest BCUT2D eigenvalue weighted by atomic mass is 10.1. The van der Waals surface area contributed by atoms with Crippen molar-refractivity contribution in [2.75, 3.05) is 31.3 Å². The van der Waals surface area contributed by atoms with Crippen LogP contribution >= 0.6 is 0 Å². The van der Waals surface area contributed by atoms with E-state index in [4.69, 9.17) is 9.47 Å². The summed E-state index contributed by atoms with van der Waals surface area (Å²) in [5.41, 5.74) is 2.43. The van der Waals surface area contributed by atoms with Gasteiger partial charge in [0, 0.05) is 6.07 Å². The van der Waals surface area contributed by atoms with Crippen LogP contribution < -0.4 is 19.1 Å². The molecule has 1 amide bonds. The third-order valence-corrected chi connectivity index (χ3v) is 5.74. The molecule has 1 unspecified atom stereocenters. The molecule has 7 nitrogen and oxygen atoms in total. The van der Waals surface area contributed by atoms with Crippen molar-refractivity contribution >= 4 is 21.6 Å². The Morgan fingerprint density at radius 1 is 1.10 bits per heavy atom. The summed E-state index contributed by atoms with van der Waals surface area (Å²) in [6.45, 7) is 3.57. The number of rotatable bonds is 9. The van der Waals surface area contributed by atoms with Gasteiger partial charge in [0.15, 0.2) is 0 Å². The molecule has 0 aromatic heterocycles. The number of carbonyl (C=O) groups excluding carboxylic acids is 1. The number of anilines is 1. The summed E-state index contributed by atoms with van der Waals surface area (Å²) in [7, 11) is -0.787. The Bertz CT molecular complexity index is 942. The van der Waals surface area contributed by atoms with Crippen LogP contribution in [0.4, 0.5) is 5.69 Å². The summed E-state index contributed by atoms with van der Waals surface area (Å²) in [5.74, 6) is 0.402. The molecule has 8 heteroatoms. The summed E-state index contributed by atoms with van der Waals surface area (Å²) in [6, 6.07) is 12.4. The Kier molecular flexibility index (Phi) is 7.50. The van der Waals surface area contributed by atoms with Gasteiger partial charge in [-0.15, -0.1) is 0 Å². The zero-order chi connectivity index (χ0) is 21.6. The van der Waals surface area contributed by atoms with E-state index in [1.54, 1.807) is 18.2 Å². The molecule has 0 aliphatic carbocycles. The van der Waals surface area contributed by atoms with Gasteiger partial charge in [-0.25, -0.2) is 8.42 Å². The van der Waals surface area contributed by atoms with Crippen LogP contribution in [0.5, 0.6) is 11.5 Å². The molecule has 0 spiro atoms. The zero-order valence-corrected chi connectivity index (χ0v) is 18.2. The van der Waals surface area contributed by atoms with Gasteiger partial charge in [0.2, 0.25) is 15.9 Å². The summed E-state index contributed by atoms with van der Waals surface area (Å²) >= 11 is 0. The molecule has 0 fully saturated rings. The zero-order valence-electron chi connectivity index (χ0n) is 17.4. The van der Waals surface area contributed by atoms with Gasteiger partial charge in [0.1, 0.15) is 18.0 Å².